The van der Waals surface area contributed by atoms with Crippen molar-refractivity contribution in [3.05, 3.63) is 84.0 Å². The van der Waals surface area contributed by atoms with Crippen LogP contribution in [-0.2, 0) is 64.4 Å². The molecule has 0 bridgehead atoms. The minimum Gasteiger partial charge on any atom is -0.379 e. The molecule has 2 aromatic carbocycles. The Balaban J connectivity index is 1.36. The Kier molecular flexibility index (Phi) is 27.5. The summed E-state index contributed by atoms with van der Waals surface area (Å²) in [6.45, 7) is 14.4. The van der Waals surface area contributed by atoms with Crippen molar-refractivity contribution in [3.63, 3.8) is 0 Å². The fraction of sp³-hybridized carbons (Fsp3) is 0.600. The second-order valence-electron chi connectivity index (χ2n) is 22.4. The van der Waals surface area contributed by atoms with Gasteiger partial charge in [-0.05, 0) is 93.1 Å². The second-order valence-corrected chi connectivity index (χ2v) is 23.8. The minimum atomic E-state index is -4.36. The summed E-state index contributed by atoms with van der Waals surface area (Å²) in [7, 11) is 2.15. The first-order valence-electron chi connectivity index (χ1n) is 28.7. The van der Waals surface area contributed by atoms with Gasteiger partial charge in [-0.1, -0.05) is 116 Å². The van der Waals surface area contributed by atoms with E-state index in [0.29, 0.717) is 70.0 Å². The smallest absolute Gasteiger partial charge is 0.294 e. The number of nitrogens with one attached hydrogen (secondary N) is 4. The molecule has 21 nitrogen and oxygen atoms in total. The SMILES string of the molecule is CC[C@H](C)[C@@H]([C@@H](CC(=O)N1CCC[C@H]1[C@H](OC)[C@@H](C)C(=O)N[C@H](/C=C/c1ccc(S(=O)(=O)O)cc1)Cc1ccccc1)OC)N(C)C(=O)[C@@H](NC(=O)[C@H](C(C)C)N(C)CCCC(=O)NNC(=O)CCCCCN1C(=O)C=CC1=O)C(C)C. The van der Waals surface area contributed by atoms with Crippen molar-refractivity contribution >= 4 is 63.5 Å². The maximum Gasteiger partial charge on any atom is 0.294 e. The van der Waals surface area contributed by atoms with Crippen LogP contribution < -0.4 is 21.5 Å². The Morgan fingerprint density at radius 3 is 1.98 bits per heavy atom. The molecular formula is C60H90N8O13S. The van der Waals surface area contributed by atoms with Crippen LogP contribution in [0.15, 0.2) is 77.7 Å². The van der Waals surface area contributed by atoms with Gasteiger partial charge in [0.05, 0.1) is 53.6 Å². The molecule has 2 aliphatic heterocycles. The van der Waals surface area contributed by atoms with E-state index in [1.165, 1.54) is 38.5 Å². The summed E-state index contributed by atoms with van der Waals surface area (Å²) in [4.78, 5) is 112. The second kappa shape index (κ2) is 33.1. The Bertz CT molecular complexity index is 2620. The van der Waals surface area contributed by atoms with Crippen LogP contribution in [0.5, 0.6) is 0 Å². The topological polar surface area (TPSA) is 270 Å². The molecule has 0 saturated carbocycles. The number of imide groups is 1. The van der Waals surface area contributed by atoms with Crippen LogP contribution >= 0.6 is 0 Å². The number of hydrazine groups is 1. The average molecular weight is 1160 g/mol. The summed E-state index contributed by atoms with van der Waals surface area (Å²) in [6.07, 6.45) is 9.23. The Morgan fingerprint density at radius 1 is 0.793 bits per heavy atom. The Hall–Kier alpha value is -6.33. The van der Waals surface area contributed by atoms with Crippen LogP contribution in [0.4, 0.5) is 0 Å². The molecule has 0 aliphatic carbocycles. The van der Waals surface area contributed by atoms with E-state index in [4.69, 9.17) is 9.47 Å². The van der Waals surface area contributed by atoms with Gasteiger partial charge in [0.1, 0.15) is 6.04 Å². The zero-order valence-corrected chi connectivity index (χ0v) is 50.6. The summed E-state index contributed by atoms with van der Waals surface area (Å²) in [5.41, 5.74) is 6.49. The van der Waals surface area contributed by atoms with Gasteiger partial charge in [0.25, 0.3) is 21.9 Å². The molecule has 22 heteroatoms. The third-order valence-electron chi connectivity index (χ3n) is 15.6. The number of nitrogens with zero attached hydrogens (tertiary/aromatic N) is 4. The van der Waals surface area contributed by atoms with E-state index in [0.717, 1.165) is 10.5 Å². The fourth-order valence-corrected chi connectivity index (χ4v) is 11.4. The lowest BCUT2D eigenvalue weighted by molar-refractivity contribution is -0.148. The summed E-state index contributed by atoms with van der Waals surface area (Å²) in [6, 6.07) is 12.3. The number of methoxy groups -OCH3 is 2. The van der Waals surface area contributed by atoms with Gasteiger partial charge in [0.2, 0.25) is 35.4 Å². The largest absolute Gasteiger partial charge is 0.379 e. The molecule has 4 rings (SSSR count). The molecule has 0 aromatic heterocycles. The highest BCUT2D eigenvalue weighted by molar-refractivity contribution is 7.85. The van der Waals surface area contributed by atoms with Gasteiger partial charge in [0, 0.05) is 59.4 Å². The van der Waals surface area contributed by atoms with Crippen molar-refractivity contribution in [2.45, 2.75) is 166 Å². The number of amides is 8. The number of carbonyl (C=O) groups is 8. The van der Waals surface area contributed by atoms with E-state index >= 15 is 0 Å². The van der Waals surface area contributed by atoms with Crippen molar-refractivity contribution < 1.29 is 60.8 Å². The molecule has 9 atom stereocenters. The van der Waals surface area contributed by atoms with Gasteiger partial charge >= 0.3 is 0 Å². The molecule has 1 saturated heterocycles. The summed E-state index contributed by atoms with van der Waals surface area (Å²) in [5, 5.41) is 6.21. The zero-order valence-electron chi connectivity index (χ0n) is 49.8. The molecule has 0 unspecified atom stereocenters. The van der Waals surface area contributed by atoms with Crippen molar-refractivity contribution in [1.29, 1.82) is 0 Å². The standard InChI is InChI=1S/C60H90N8O13S/c1-12-41(6)56(66(9)60(76)54(39(2)3)62-59(75)55(40(4)5)65(8)34-20-25-50(70)64-63-49(69)24-17-14-18-35-68-51(71)32-33-52(68)72)48(80-10)38-53(73)67-36-19-23-47(67)57(81-11)42(7)58(74)61-45(37-44-21-15-13-16-22-44)29-26-43-27-30-46(31-28-43)82(77,78)79/h13,15-16,21-22,26-33,39-42,45,47-48,54-57H,12,14,17-20,23-25,34-38H2,1-11H3,(H,61,74)(H,62,75)(H,63,69)(H,64,70)(H,77,78,79)/b29-26+/t41-,42+,45+,47-,48+,54-,55-,56-,57+/m0/s1. The highest BCUT2D eigenvalue weighted by Crippen LogP contribution is 2.30. The van der Waals surface area contributed by atoms with Gasteiger partial charge < -0.3 is 29.9 Å². The average Bonchev–Trinajstić information content (AvgIpc) is 4.06. The van der Waals surface area contributed by atoms with E-state index in [2.05, 4.69) is 21.5 Å². The molecule has 2 aromatic rings. The van der Waals surface area contributed by atoms with E-state index in [-0.39, 0.29) is 89.8 Å². The predicted molar refractivity (Wildman–Crippen MR) is 311 cm³/mol. The van der Waals surface area contributed by atoms with Crippen LogP contribution in [0.3, 0.4) is 0 Å². The first-order chi connectivity index (χ1) is 38.8. The molecule has 0 spiro atoms. The molecule has 82 heavy (non-hydrogen) atoms. The van der Waals surface area contributed by atoms with Gasteiger partial charge in [0.15, 0.2) is 0 Å². The van der Waals surface area contributed by atoms with Crippen molar-refractivity contribution in [2.75, 3.05) is 47.9 Å². The number of likely N-dealkylation sites (tertiary alicyclic amines) is 1. The van der Waals surface area contributed by atoms with E-state index in [1.54, 1.807) is 49.0 Å². The fourth-order valence-electron chi connectivity index (χ4n) is 10.9. The molecule has 1 fully saturated rings. The third-order valence-corrected chi connectivity index (χ3v) is 16.5. The van der Waals surface area contributed by atoms with Crippen LogP contribution in [0.25, 0.3) is 6.08 Å². The summed E-state index contributed by atoms with van der Waals surface area (Å²) in [5.74, 6) is -3.99. The molecule has 454 valence electrons. The number of rotatable bonds is 33. The van der Waals surface area contributed by atoms with Crippen LogP contribution in [0.2, 0.25) is 0 Å². The molecular weight excluding hydrogens is 1070 g/mol. The highest BCUT2D eigenvalue weighted by atomic mass is 32.2. The van der Waals surface area contributed by atoms with Crippen LogP contribution in [0, 0.1) is 23.7 Å². The monoisotopic (exact) mass is 1160 g/mol. The number of ether oxygens (including phenoxy) is 2. The molecule has 0 radical (unpaired) electrons. The van der Waals surface area contributed by atoms with Gasteiger partial charge in [-0.3, -0.25) is 63.6 Å². The molecule has 2 heterocycles. The van der Waals surface area contributed by atoms with Crippen LogP contribution in [-0.4, -0.2) is 170 Å². The quantitative estimate of drug-likeness (QED) is 0.0269. The van der Waals surface area contributed by atoms with E-state index in [1.807, 2.05) is 82.9 Å². The normalized spacial score (nSPS) is 17.6. The first-order valence-corrected chi connectivity index (χ1v) is 30.1. The highest BCUT2D eigenvalue weighted by Gasteiger charge is 2.43. The summed E-state index contributed by atoms with van der Waals surface area (Å²) < 4.78 is 44.8. The lowest BCUT2D eigenvalue weighted by Gasteiger charge is -2.41. The number of hydrogen-bond acceptors (Lipinski definition) is 13. The minimum absolute atomic E-state index is 0.0672. The summed E-state index contributed by atoms with van der Waals surface area (Å²) >= 11 is 0. The van der Waals surface area contributed by atoms with E-state index in [9.17, 15) is 51.3 Å². The van der Waals surface area contributed by atoms with E-state index < -0.39 is 64.4 Å². The molecule has 8 amide bonds. The number of unbranched alkanes of at least 4 members (excludes halogenated alkanes) is 2. The lowest BCUT2D eigenvalue weighted by atomic mass is 9.89. The third kappa shape index (κ3) is 20.2. The van der Waals surface area contributed by atoms with Crippen molar-refractivity contribution in [1.82, 2.24) is 41.1 Å². The number of carbonyl (C=O) groups excluding carboxylic acids is 8. The van der Waals surface area contributed by atoms with Crippen LogP contribution in [0.1, 0.15) is 124 Å². The maximum absolute atomic E-state index is 14.7. The first kappa shape index (κ1) is 68.2. The van der Waals surface area contributed by atoms with Gasteiger partial charge in [-0.15, -0.1) is 0 Å². The van der Waals surface area contributed by atoms with Gasteiger partial charge in [-0.2, -0.15) is 8.42 Å². The number of likely N-dealkylation sites (N-methyl/N-ethyl adjacent to an activating group) is 2. The molecule has 2 aliphatic rings. The van der Waals surface area contributed by atoms with Gasteiger partial charge in [-0.25, -0.2) is 0 Å². The van der Waals surface area contributed by atoms with Crippen molar-refractivity contribution in [3.8, 4) is 0 Å². The maximum atomic E-state index is 14.7. The lowest BCUT2D eigenvalue weighted by Crippen LogP contribution is -2.60. The van der Waals surface area contributed by atoms with Crippen molar-refractivity contribution in [2.24, 2.45) is 23.7 Å². The number of hydrogen-bond donors (Lipinski definition) is 5. The number of benzene rings is 2. The zero-order chi connectivity index (χ0) is 60.8. The Labute approximate surface area is 485 Å². The predicted octanol–water partition coefficient (Wildman–Crippen LogP) is 5.10. The Morgan fingerprint density at radius 2 is 1.41 bits per heavy atom. The molecule has 5 N–H and O–H groups in total.